The zero-order valence-electron chi connectivity index (χ0n) is 28.3. The number of benzene rings is 1. The number of aromatic nitrogens is 7. The maximum absolute atomic E-state index is 13.4. The van der Waals surface area contributed by atoms with Gasteiger partial charge in [0, 0.05) is 48.6 Å². The van der Waals surface area contributed by atoms with Gasteiger partial charge >= 0.3 is 6.09 Å². The van der Waals surface area contributed by atoms with E-state index in [9.17, 15) is 9.59 Å². The van der Waals surface area contributed by atoms with E-state index < -0.39 is 18.7 Å². The topological polar surface area (TPSA) is 133 Å². The van der Waals surface area contributed by atoms with Gasteiger partial charge in [-0.2, -0.15) is 5.10 Å². The predicted octanol–water partition coefficient (Wildman–Crippen LogP) is 5.46. The zero-order chi connectivity index (χ0) is 33.4. The number of Topliss-reactive ketones (excluding diaryl/α,β-unsaturated/α-hetero) is 1. The minimum Gasteiger partial charge on any atom is -0.444 e. The molecule has 4 aromatic rings. The summed E-state index contributed by atoms with van der Waals surface area (Å²) in [5.74, 6) is -0.0181. The number of nitrogens with one attached hydrogen (secondary N) is 1. The number of anilines is 2. The number of carbonyl (C=O) groups is 2. The Balaban J connectivity index is 1.44. The van der Waals surface area contributed by atoms with Crippen LogP contribution in [0, 0.1) is 0 Å². The van der Waals surface area contributed by atoms with Crippen molar-refractivity contribution < 1.29 is 18.4 Å². The molecule has 0 saturated heterocycles. The molecule has 226 valence electrons. The van der Waals surface area contributed by atoms with Crippen LogP contribution in [-0.2, 0) is 23.8 Å². The number of amides is 1. The largest absolute Gasteiger partial charge is 0.444 e. The molecule has 43 heavy (non-hydrogen) atoms. The highest BCUT2D eigenvalue weighted by Crippen LogP contribution is 2.35. The molecule has 12 nitrogen and oxygen atoms in total. The molecule has 0 radical (unpaired) electrons. The van der Waals surface area contributed by atoms with Crippen LogP contribution in [0.2, 0.25) is 0 Å². The maximum Gasteiger partial charge on any atom is 0.410 e. The lowest BCUT2D eigenvalue weighted by Gasteiger charge is -2.26. The highest BCUT2D eigenvalue weighted by atomic mass is 16.6. The summed E-state index contributed by atoms with van der Waals surface area (Å²) in [6, 6.07) is 7.67. The zero-order valence-corrected chi connectivity index (χ0v) is 25.3. The second-order valence-electron chi connectivity index (χ2n) is 12.7. The standard InChI is InChI=1S/C31H39N9O3/c1-30(2,3)40-19-26(36-37-40)27(41)15-20-11-13-39(29(42)43-31(4,5)6)17-22-14-21(8-9-24(20)22)25-10-12-32-28(35-25)34-23-16-33-38(7)18-23/h8-10,12,14,16,18-20H,11,13,15,17H2,1-7H3,(H,32,34,35)/t20-/m0/s1/i7D3. The minimum atomic E-state index is -2.40. The number of fused-ring (bicyclic) bond motifs is 1. The van der Waals surface area contributed by atoms with Crippen LogP contribution in [0.15, 0.2) is 49.1 Å². The lowest BCUT2D eigenvalue weighted by molar-refractivity contribution is 0.0235. The van der Waals surface area contributed by atoms with Gasteiger partial charge in [-0.25, -0.2) is 19.4 Å². The Labute approximate surface area is 255 Å². The Hall–Kier alpha value is -4.61. The molecule has 3 aromatic heterocycles. The minimum absolute atomic E-state index is 0.116. The first kappa shape index (κ1) is 26.1. The van der Waals surface area contributed by atoms with Crippen molar-refractivity contribution in [2.75, 3.05) is 11.9 Å². The van der Waals surface area contributed by atoms with Crippen molar-refractivity contribution in [1.29, 1.82) is 0 Å². The summed E-state index contributed by atoms with van der Waals surface area (Å²) in [4.78, 5) is 37.2. The van der Waals surface area contributed by atoms with E-state index in [1.54, 1.807) is 28.0 Å². The summed E-state index contributed by atoms with van der Waals surface area (Å²) in [5, 5.41) is 15.2. The molecule has 1 aromatic carbocycles. The van der Waals surface area contributed by atoms with Crippen LogP contribution in [0.3, 0.4) is 0 Å². The Kier molecular flexibility index (Phi) is 7.02. The Bertz CT molecular complexity index is 1730. The van der Waals surface area contributed by atoms with Gasteiger partial charge < -0.3 is 15.0 Å². The van der Waals surface area contributed by atoms with Crippen molar-refractivity contribution in [2.24, 2.45) is 6.98 Å². The van der Waals surface area contributed by atoms with Crippen molar-refractivity contribution >= 4 is 23.5 Å². The number of hydrogen-bond donors (Lipinski definition) is 1. The van der Waals surface area contributed by atoms with Crippen LogP contribution in [-0.4, -0.2) is 63.7 Å². The quantitative estimate of drug-likeness (QED) is 0.291. The first-order chi connectivity index (χ1) is 21.5. The van der Waals surface area contributed by atoms with Gasteiger partial charge in [0.2, 0.25) is 5.95 Å². The van der Waals surface area contributed by atoms with Crippen LogP contribution in [0.4, 0.5) is 16.4 Å². The third-order valence-corrected chi connectivity index (χ3v) is 7.03. The number of hydrogen-bond acceptors (Lipinski definition) is 9. The number of ether oxygens (including phenoxy) is 1. The third-order valence-electron chi connectivity index (χ3n) is 7.03. The number of ketones is 1. The lowest BCUT2D eigenvalue weighted by atomic mass is 9.87. The molecule has 12 heteroatoms. The Morgan fingerprint density at radius 2 is 1.95 bits per heavy atom. The van der Waals surface area contributed by atoms with Gasteiger partial charge in [0.25, 0.3) is 0 Å². The van der Waals surface area contributed by atoms with E-state index in [0.717, 1.165) is 21.4 Å². The fourth-order valence-corrected chi connectivity index (χ4v) is 4.89. The molecule has 0 aliphatic carbocycles. The summed E-state index contributed by atoms with van der Waals surface area (Å²) in [6.07, 6.45) is 6.39. The molecular formula is C31H39N9O3. The SMILES string of the molecule is [2H]C([2H])([2H])n1cc(Nc2nccc(-c3ccc4c(c3)CN(C(=O)OC(C)(C)C)CC[C@H]4CC(=O)c3cn(C(C)(C)C)nn3)n2)cn1. The third kappa shape index (κ3) is 7.25. The molecule has 0 fully saturated rings. The number of nitrogens with zero attached hydrogens (tertiary/aromatic N) is 8. The predicted molar refractivity (Wildman–Crippen MR) is 162 cm³/mol. The first-order valence-electron chi connectivity index (χ1n) is 15.7. The molecule has 0 spiro atoms. The van der Waals surface area contributed by atoms with Gasteiger partial charge in [0.15, 0.2) is 5.78 Å². The van der Waals surface area contributed by atoms with E-state index >= 15 is 0 Å². The normalized spacial score (nSPS) is 16.8. The molecule has 0 unspecified atom stereocenters. The first-order valence-corrected chi connectivity index (χ1v) is 14.2. The molecule has 4 heterocycles. The molecule has 1 amide bonds. The van der Waals surface area contributed by atoms with E-state index in [0.29, 0.717) is 36.6 Å². The van der Waals surface area contributed by atoms with Crippen molar-refractivity contribution in [3.8, 4) is 11.3 Å². The van der Waals surface area contributed by atoms with Crippen molar-refractivity contribution in [1.82, 2.24) is 39.6 Å². The monoisotopic (exact) mass is 588 g/mol. The molecule has 0 bridgehead atoms. The summed E-state index contributed by atoms with van der Waals surface area (Å²) in [6.45, 7) is 9.78. The van der Waals surface area contributed by atoms with Crippen LogP contribution in [0.25, 0.3) is 11.3 Å². The maximum atomic E-state index is 13.4. The van der Waals surface area contributed by atoms with E-state index in [1.165, 1.54) is 12.4 Å². The average Bonchev–Trinajstić information content (AvgIpc) is 3.61. The van der Waals surface area contributed by atoms with Gasteiger partial charge in [-0.15, -0.1) is 5.10 Å². The summed E-state index contributed by atoms with van der Waals surface area (Å²) >= 11 is 0. The van der Waals surface area contributed by atoms with Gasteiger partial charge in [-0.3, -0.25) is 9.48 Å². The Morgan fingerprint density at radius 3 is 2.65 bits per heavy atom. The van der Waals surface area contributed by atoms with Gasteiger partial charge in [-0.1, -0.05) is 17.3 Å². The van der Waals surface area contributed by atoms with Crippen LogP contribution in [0.5, 0.6) is 0 Å². The number of aryl methyl sites for hydroxylation is 1. The number of carbonyl (C=O) groups excluding carboxylic acids is 2. The molecule has 1 aliphatic rings. The fourth-order valence-electron chi connectivity index (χ4n) is 4.89. The van der Waals surface area contributed by atoms with E-state index in [2.05, 4.69) is 30.7 Å². The van der Waals surface area contributed by atoms with Gasteiger partial charge in [0.1, 0.15) is 11.3 Å². The highest BCUT2D eigenvalue weighted by molar-refractivity contribution is 5.94. The molecule has 1 atom stereocenters. The summed E-state index contributed by atoms with van der Waals surface area (Å²) < 4.78 is 30.8. The fraction of sp³-hybridized carbons (Fsp3) is 0.452. The van der Waals surface area contributed by atoms with Crippen molar-refractivity contribution in [3.05, 3.63) is 65.9 Å². The highest BCUT2D eigenvalue weighted by Gasteiger charge is 2.30. The van der Waals surface area contributed by atoms with Crippen LogP contribution < -0.4 is 5.32 Å². The van der Waals surface area contributed by atoms with Gasteiger partial charge in [0.05, 0.1) is 29.3 Å². The molecule has 1 N–H and O–H groups in total. The molecule has 5 rings (SSSR count). The van der Waals surface area contributed by atoms with E-state index in [1.807, 2.05) is 59.7 Å². The van der Waals surface area contributed by atoms with Crippen LogP contribution in [0.1, 0.15) is 86.0 Å². The molecule has 0 saturated carbocycles. The lowest BCUT2D eigenvalue weighted by Crippen LogP contribution is -2.36. The average molecular weight is 589 g/mol. The second-order valence-corrected chi connectivity index (χ2v) is 12.7. The smallest absolute Gasteiger partial charge is 0.410 e. The van der Waals surface area contributed by atoms with E-state index in [4.69, 9.17) is 8.85 Å². The van der Waals surface area contributed by atoms with E-state index in [-0.39, 0.29) is 29.6 Å². The van der Waals surface area contributed by atoms with Crippen LogP contribution >= 0.6 is 0 Å². The number of rotatable bonds is 6. The van der Waals surface area contributed by atoms with Crippen molar-refractivity contribution in [3.63, 3.8) is 0 Å². The molecule has 1 aliphatic heterocycles. The molecular weight excluding hydrogens is 546 g/mol. The Morgan fingerprint density at radius 1 is 1.14 bits per heavy atom. The summed E-state index contributed by atoms with van der Waals surface area (Å²) in [7, 11) is 0. The van der Waals surface area contributed by atoms with Crippen molar-refractivity contribution in [2.45, 2.75) is 78.0 Å². The summed E-state index contributed by atoms with van der Waals surface area (Å²) in [5.41, 5.74) is 3.02. The second kappa shape index (κ2) is 11.6. The van der Waals surface area contributed by atoms with Gasteiger partial charge in [-0.05, 0) is 77.1 Å².